The lowest BCUT2D eigenvalue weighted by Crippen LogP contribution is -2.45. The van der Waals surface area contributed by atoms with Gasteiger partial charge in [0, 0.05) is 29.2 Å². The van der Waals surface area contributed by atoms with Gasteiger partial charge in [0.2, 0.25) is 5.91 Å². The van der Waals surface area contributed by atoms with Crippen LogP contribution in [0.15, 0.2) is 54.7 Å². The van der Waals surface area contributed by atoms with Crippen molar-refractivity contribution in [2.75, 3.05) is 11.9 Å². The number of aromatic amines is 1. The van der Waals surface area contributed by atoms with E-state index in [0.29, 0.717) is 18.7 Å². The molecule has 0 saturated carbocycles. The molecule has 3 N–H and O–H groups in total. The number of hydrogen-bond acceptors (Lipinski definition) is 3. The Labute approximate surface area is 170 Å². The van der Waals surface area contributed by atoms with Crippen LogP contribution in [-0.4, -0.2) is 29.6 Å². The zero-order chi connectivity index (χ0) is 20.8. The van der Waals surface area contributed by atoms with E-state index in [2.05, 4.69) is 15.6 Å². The SMILES string of the molecule is Cc1ccc(NC(=O)[C@@H](Cc2c[nH]c3ccccc23)NC(=O)OCC(C)C)cc1. The van der Waals surface area contributed by atoms with Crippen molar-refractivity contribution >= 4 is 28.6 Å². The molecule has 3 aromatic rings. The number of para-hydroxylation sites is 1. The maximum atomic E-state index is 12.9. The maximum Gasteiger partial charge on any atom is 0.407 e. The van der Waals surface area contributed by atoms with Crippen molar-refractivity contribution in [3.05, 3.63) is 65.9 Å². The van der Waals surface area contributed by atoms with Crippen molar-refractivity contribution in [1.82, 2.24) is 10.3 Å². The van der Waals surface area contributed by atoms with Crippen molar-refractivity contribution in [1.29, 1.82) is 0 Å². The second-order valence-electron chi connectivity index (χ2n) is 7.61. The van der Waals surface area contributed by atoms with Crippen LogP contribution in [-0.2, 0) is 16.0 Å². The predicted molar refractivity (Wildman–Crippen MR) is 115 cm³/mol. The monoisotopic (exact) mass is 393 g/mol. The first-order valence-corrected chi connectivity index (χ1v) is 9.78. The number of anilines is 1. The van der Waals surface area contributed by atoms with Crippen LogP contribution in [0, 0.1) is 12.8 Å². The number of aryl methyl sites for hydroxylation is 1. The second-order valence-corrected chi connectivity index (χ2v) is 7.61. The van der Waals surface area contributed by atoms with E-state index < -0.39 is 12.1 Å². The minimum Gasteiger partial charge on any atom is -0.449 e. The Morgan fingerprint density at radius 3 is 2.52 bits per heavy atom. The lowest BCUT2D eigenvalue weighted by atomic mass is 10.0. The van der Waals surface area contributed by atoms with Crippen LogP contribution in [0.25, 0.3) is 10.9 Å². The first-order chi connectivity index (χ1) is 13.9. The molecule has 6 nitrogen and oxygen atoms in total. The summed E-state index contributed by atoms with van der Waals surface area (Å²) in [6.07, 6.45) is 1.62. The second kappa shape index (κ2) is 9.28. The molecular weight excluding hydrogens is 366 g/mol. The number of carbonyl (C=O) groups is 2. The highest BCUT2D eigenvalue weighted by atomic mass is 16.5. The van der Waals surface area contributed by atoms with Gasteiger partial charge in [-0.2, -0.15) is 0 Å². The van der Waals surface area contributed by atoms with Crippen LogP contribution in [0.2, 0.25) is 0 Å². The molecular formula is C23H27N3O3. The Morgan fingerprint density at radius 2 is 1.79 bits per heavy atom. The number of rotatable bonds is 7. The van der Waals surface area contributed by atoms with Crippen LogP contribution in [0.5, 0.6) is 0 Å². The fraction of sp³-hybridized carbons (Fsp3) is 0.304. The maximum absolute atomic E-state index is 12.9. The molecule has 152 valence electrons. The first-order valence-electron chi connectivity index (χ1n) is 9.78. The molecule has 3 rings (SSSR count). The number of alkyl carbamates (subject to hydrolysis) is 1. The van der Waals surface area contributed by atoms with Crippen molar-refractivity contribution in [3.63, 3.8) is 0 Å². The third kappa shape index (κ3) is 5.60. The summed E-state index contributed by atoms with van der Waals surface area (Å²) in [4.78, 5) is 28.4. The minimum atomic E-state index is -0.768. The molecule has 0 radical (unpaired) electrons. The summed E-state index contributed by atoms with van der Waals surface area (Å²) in [6, 6.07) is 14.6. The number of hydrogen-bond donors (Lipinski definition) is 3. The fourth-order valence-corrected chi connectivity index (χ4v) is 3.02. The molecule has 0 aliphatic rings. The first kappa shape index (κ1) is 20.5. The molecule has 0 aliphatic carbocycles. The van der Waals surface area contributed by atoms with Crippen LogP contribution in [0.4, 0.5) is 10.5 Å². The molecule has 0 unspecified atom stereocenters. The average Bonchev–Trinajstić information content (AvgIpc) is 3.10. The zero-order valence-corrected chi connectivity index (χ0v) is 17.0. The van der Waals surface area contributed by atoms with E-state index in [-0.39, 0.29) is 11.8 Å². The number of fused-ring (bicyclic) bond motifs is 1. The third-order valence-electron chi connectivity index (χ3n) is 4.57. The Kier molecular flexibility index (Phi) is 6.54. The van der Waals surface area contributed by atoms with Crippen molar-refractivity contribution < 1.29 is 14.3 Å². The van der Waals surface area contributed by atoms with E-state index in [1.807, 2.05) is 75.5 Å². The molecule has 2 aromatic carbocycles. The summed E-state index contributed by atoms with van der Waals surface area (Å²) in [7, 11) is 0. The highest BCUT2D eigenvalue weighted by molar-refractivity contribution is 5.97. The quantitative estimate of drug-likeness (QED) is 0.556. The van der Waals surface area contributed by atoms with Crippen LogP contribution < -0.4 is 10.6 Å². The van der Waals surface area contributed by atoms with Crippen LogP contribution in [0.3, 0.4) is 0 Å². The van der Waals surface area contributed by atoms with Gasteiger partial charge in [0.15, 0.2) is 0 Å². The summed E-state index contributed by atoms with van der Waals surface area (Å²) >= 11 is 0. The minimum absolute atomic E-state index is 0.217. The number of H-pyrrole nitrogens is 1. The summed E-state index contributed by atoms with van der Waals surface area (Å²) < 4.78 is 5.22. The van der Waals surface area contributed by atoms with E-state index in [9.17, 15) is 9.59 Å². The molecule has 0 fully saturated rings. The van der Waals surface area contributed by atoms with E-state index in [1.54, 1.807) is 0 Å². The van der Waals surface area contributed by atoms with Crippen molar-refractivity contribution in [2.24, 2.45) is 5.92 Å². The standard InChI is InChI=1S/C23H27N3O3/c1-15(2)14-29-23(28)26-21(22(27)25-18-10-8-16(3)9-11-18)12-17-13-24-20-7-5-4-6-19(17)20/h4-11,13,15,21,24H,12,14H2,1-3H3,(H,25,27)(H,26,28)/t21-/m1/s1. The highest BCUT2D eigenvalue weighted by Gasteiger charge is 2.23. The van der Waals surface area contributed by atoms with Crippen molar-refractivity contribution in [3.8, 4) is 0 Å². The molecule has 0 aliphatic heterocycles. The normalized spacial score (nSPS) is 12.0. The van der Waals surface area contributed by atoms with Crippen LogP contribution >= 0.6 is 0 Å². The summed E-state index contributed by atoms with van der Waals surface area (Å²) in [5, 5.41) is 6.63. The van der Waals surface area contributed by atoms with Gasteiger partial charge in [-0.15, -0.1) is 0 Å². The van der Waals surface area contributed by atoms with Gasteiger partial charge in [-0.1, -0.05) is 49.7 Å². The largest absolute Gasteiger partial charge is 0.449 e. The fourth-order valence-electron chi connectivity index (χ4n) is 3.02. The Hall–Kier alpha value is -3.28. The van der Waals surface area contributed by atoms with E-state index in [0.717, 1.165) is 22.0 Å². The number of carbonyl (C=O) groups excluding carboxylic acids is 2. The van der Waals surface area contributed by atoms with E-state index in [1.165, 1.54) is 0 Å². The molecule has 2 amide bonds. The lowest BCUT2D eigenvalue weighted by Gasteiger charge is -2.19. The average molecular weight is 393 g/mol. The topological polar surface area (TPSA) is 83.2 Å². The molecule has 0 saturated heterocycles. The molecule has 29 heavy (non-hydrogen) atoms. The van der Waals surface area contributed by atoms with Gasteiger partial charge in [-0.05, 0) is 36.6 Å². The molecule has 1 aromatic heterocycles. The number of amides is 2. The smallest absolute Gasteiger partial charge is 0.407 e. The Morgan fingerprint density at radius 1 is 1.07 bits per heavy atom. The number of ether oxygens (including phenoxy) is 1. The zero-order valence-electron chi connectivity index (χ0n) is 17.0. The molecule has 1 heterocycles. The molecule has 0 bridgehead atoms. The Balaban J connectivity index is 1.77. The molecule has 0 spiro atoms. The molecule has 6 heteroatoms. The van der Waals surface area contributed by atoms with E-state index in [4.69, 9.17) is 4.74 Å². The lowest BCUT2D eigenvalue weighted by molar-refractivity contribution is -0.118. The number of nitrogens with one attached hydrogen (secondary N) is 3. The van der Waals surface area contributed by atoms with Gasteiger partial charge in [-0.3, -0.25) is 4.79 Å². The summed E-state index contributed by atoms with van der Waals surface area (Å²) in [5.41, 5.74) is 3.73. The highest BCUT2D eigenvalue weighted by Crippen LogP contribution is 2.20. The van der Waals surface area contributed by atoms with Gasteiger partial charge < -0.3 is 20.4 Å². The van der Waals surface area contributed by atoms with Gasteiger partial charge >= 0.3 is 6.09 Å². The number of benzene rings is 2. The predicted octanol–water partition coefficient (Wildman–Crippen LogP) is 4.41. The summed E-state index contributed by atoms with van der Waals surface area (Å²) in [5.74, 6) is -0.0742. The van der Waals surface area contributed by atoms with Gasteiger partial charge in [0.25, 0.3) is 0 Å². The number of aromatic nitrogens is 1. The van der Waals surface area contributed by atoms with Crippen molar-refractivity contribution in [2.45, 2.75) is 33.2 Å². The Bertz CT molecular complexity index is 976. The van der Waals surface area contributed by atoms with Gasteiger partial charge in [-0.25, -0.2) is 4.79 Å². The van der Waals surface area contributed by atoms with E-state index >= 15 is 0 Å². The van der Waals surface area contributed by atoms with Gasteiger partial charge in [0.05, 0.1) is 6.61 Å². The van der Waals surface area contributed by atoms with Crippen LogP contribution in [0.1, 0.15) is 25.0 Å². The summed E-state index contributed by atoms with van der Waals surface area (Å²) in [6.45, 7) is 6.20. The van der Waals surface area contributed by atoms with Gasteiger partial charge in [0.1, 0.15) is 6.04 Å². The molecule has 1 atom stereocenters. The third-order valence-corrected chi connectivity index (χ3v) is 4.57.